The molecule has 1 heterocycles. The van der Waals surface area contributed by atoms with E-state index in [1.54, 1.807) is 12.1 Å². The minimum absolute atomic E-state index is 0.00583. The van der Waals surface area contributed by atoms with E-state index in [1.807, 2.05) is 13.8 Å². The zero-order valence-electron chi connectivity index (χ0n) is 14.0. The molecule has 1 aromatic carbocycles. The van der Waals surface area contributed by atoms with Crippen LogP contribution in [-0.2, 0) is 10.0 Å². The van der Waals surface area contributed by atoms with Crippen molar-refractivity contribution in [3.05, 3.63) is 47.9 Å². The molecule has 127 valence electrons. The van der Waals surface area contributed by atoms with Crippen molar-refractivity contribution in [2.24, 2.45) is 0 Å². The summed E-state index contributed by atoms with van der Waals surface area (Å²) in [5, 5.41) is 0. The van der Waals surface area contributed by atoms with Crippen molar-refractivity contribution in [3.63, 3.8) is 0 Å². The van der Waals surface area contributed by atoms with Crippen LogP contribution in [0.3, 0.4) is 0 Å². The predicted molar refractivity (Wildman–Crippen MR) is 93.5 cm³/mol. The Morgan fingerprint density at radius 3 is 2.25 bits per heavy atom. The second-order valence-electron chi connectivity index (χ2n) is 5.73. The fourth-order valence-electron chi connectivity index (χ4n) is 2.20. The van der Waals surface area contributed by atoms with Gasteiger partial charge in [-0.3, -0.25) is 0 Å². The Labute approximate surface area is 141 Å². The molecule has 0 aliphatic rings. The Kier molecular flexibility index (Phi) is 5.03. The van der Waals surface area contributed by atoms with E-state index in [0.29, 0.717) is 22.5 Å². The summed E-state index contributed by atoms with van der Waals surface area (Å²) in [7, 11) is -2.13. The molecule has 0 bridgehead atoms. The van der Waals surface area contributed by atoms with Crippen molar-refractivity contribution in [1.29, 1.82) is 0 Å². The SMILES string of the molecule is [CH]=Cc1c(-c2ccc(F)cc2)nc(N(C)S(C)(=O)=O)nc1C(C)C. The van der Waals surface area contributed by atoms with Gasteiger partial charge in [0.05, 0.1) is 17.6 Å². The minimum atomic E-state index is -3.52. The number of hydrogen-bond acceptors (Lipinski definition) is 4. The van der Waals surface area contributed by atoms with Crippen molar-refractivity contribution < 1.29 is 12.8 Å². The largest absolute Gasteiger partial charge is 0.241 e. The van der Waals surface area contributed by atoms with Crippen molar-refractivity contribution in [1.82, 2.24) is 9.97 Å². The Hall–Kier alpha value is -2.28. The van der Waals surface area contributed by atoms with Crippen LogP contribution in [0.2, 0.25) is 0 Å². The van der Waals surface area contributed by atoms with Crippen LogP contribution in [0.15, 0.2) is 24.3 Å². The van der Waals surface area contributed by atoms with Gasteiger partial charge in [-0.1, -0.05) is 26.5 Å². The molecule has 0 atom stereocenters. The fraction of sp³-hybridized carbons (Fsp3) is 0.294. The van der Waals surface area contributed by atoms with Crippen LogP contribution in [0.1, 0.15) is 31.0 Å². The second-order valence-corrected chi connectivity index (χ2v) is 7.74. The number of aromatic nitrogens is 2. The molecule has 2 rings (SSSR count). The van der Waals surface area contributed by atoms with Crippen LogP contribution >= 0.6 is 0 Å². The number of hydrogen-bond donors (Lipinski definition) is 0. The summed E-state index contributed by atoms with van der Waals surface area (Å²) in [4.78, 5) is 8.72. The third-order valence-electron chi connectivity index (χ3n) is 3.57. The zero-order valence-corrected chi connectivity index (χ0v) is 14.8. The maximum absolute atomic E-state index is 13.2. The van der Waals surface area contributed by atoms with E-state index in [1.165, 1.54) is 25.3 Å². The van der Waals surface area contributed by atoms with Crippen LogP contribution in [-0.4, -0.2) is 31.7 Å². The Bertz CT molecular complexity index is 862. The van der Waals surface area contributed by atoms with Gasteiger partial charge in [0.2, 0.25) is 16.0 Å². The number of halogens is 1. The van der Waals surface area contributed by atoms with E-state index < -0.39 is 10.0 Å². The number of nitrogens with zero attached hydrogens (tertiary/aromatic N) is 3. The van der Waals surface area contributed by atoms with Gasteiger partial charge in [0.1, 0.15) is 5.82 Å². The number of sulfonamides is 1. The molecule has 2 aromatic rings. The van der Waals surface area contributed by atoms with Gasteiger partial charge in [-0.05, 0) is 30.2 Å². The van der Waals surface area contributed by atoms with Gasteiger partial charge in [0.15, 0.2) is 0 Å². The van der Waals surface area contributed by atoms with Gasteiger partial charge in [-0.2, -0.15) is 0 Å². The van der Waals surface area contributed by atoms with E-state index in [-0.39, 0.29) is 17.7 Å². The average molecular weight is 348 g/mol. The Morgan fingerprint density at radius 1 is 1.21 bits per heavy atom. The molecule has 0 aliphatic carbocycles. The second kappa shape index (κ2) is 6.68. The van der Waals surface area contributed by atoms with Crippen molar-refractivity contribution >= 4 is 22.0 Å². The molecule has 0 saturated carbocycles. The highest BCUT2D eigenvalue weighted by atomic mass is 32.2. The maximum Gasteiger partial charge on any atom is 0.239 e. The highest BCUT2D eigenvalue weighted by molar-refractivity contribution is 7.92. The molecule has 5 nitrogen and oxygen atoms in total. The third kappa shape index (κ3) is 3.62. The van der Waals surface area contributed by atoms with Gasteiger partial charge in [0.25, 0.3) is 0 Å². The van der Waals surface area contributed by atoms with Gasteiger partial charge >= 0.3 is 0 Å². The minimum Gasteiger partial charge on any atom is -0.241 e. The Balaban J connectivity index is 2.78. The lowest BCUT2D eigenvalue weighted by Crippen LogP contribution is -2.27. The lowest BCUT2D eigenvalue weighted by molar-refractivity contribution is 0.599. The van der Waals surface area contributed by atoms with Crippen LogP contribution in [0.5, 0.6) is 0 Å². The van der Waals surface area contributed by atoms with E-state index in [0.717, 1.165) is 10.6 Å². The molecule has 1 aromatic heterocycles. The normalized spacial score (nSPS) is 11.6. The van der Waals surface area contributed by atoms with Gasteiger partial charge < -0.3 is 0 Å². The third-order valence-corrected chi connectivity index (χ3v) is 4.73. The molecule has 0 amide bonds. The standard InChI is InChI=1S/C17H19FN3O2S/c1-6-14-15(11(2)3)19-17(21(4)24(5,22)23)20-16(14)12-7-9-13(18)10-8-12/h1,6-11H,2-5H3. The molecule has 1 radical (unpaired) electrons. The summed E-state index contributed by atoms with van der Waals surface area (Å²) in [6.07, 6.45) is 2.46. The van der Waals surface area contributed by atoms with Crippen LogP contribution in [0.25, 0.3) is 17.3 Å². The predicted octanol–water partition coefficient (Wildman–Crippen LogP) is 3.25. The molecule has 7 heteroatoms. The number of rotatable bonds is 5. The highest BCUT2D eigenvalue weighted by Crippen LogP contribution is 2.31. The van der Waals surface area contributed by atoms with Crippen molar-refractivity contribution in [2.45, 2.75) is 19.8 Å². The zero-order chi connectivity index (χ0) is 18.1. The van der Waals surface area contributed by atoms with Gasteiger partial charge in [-0.15, -0.1) is 0 Å². The molecule has 24 heavy (non-hydrogen) atoms. The lowest BCUT2D eigenvalue weighted by Gasteiger charge is -2.20. The van der Waals surface area contributed by atoms with E-state index in [2.05, 4.69) is 9.97 Å². The molecule has 0 spiro atoms. The molecular formula is C17H19FN3O2S. The first-order valence-electron chi connectivity index (χ1n) is 7.32. The highest BCUT2D eigenvalue weighted by Gasteiger charge is 2.21. The molecular weight excluding hydrogens is 329 g/mol. The number of anilines is 1. The van der Waals surface area contributed by atoms with Crippen LogP contribution < -0.4 is 4.31 Å². The molecule has 0 saturated heterocycles. The van der Waals surface area contributed by atoms with Crippen molar-refractivity contribution in [3.8, 4) is 11.3 Å². The molecule has 0 N–H and O–H groups in total. The lowest BCUT2D eigenvalue weighted by atomic mass is 9.98. The topological polar surface area (TPSA) is 63.2 Å². The fourth-order valence-corrected chi connectivity index (χ4v) is 2.57. The maximum atomic E-state index is 13.2. The molecule has 0 unspecified atom stereocenters. The average Bonchev–Trinajstić information content (AvgIpc) is 2.52. The first-order chi connectivity index (χ1) is 11.1. The van der Waals surface area contributed by atoms with Gasteiger partial charge in [-0.25, -0.2) is 27.1 Å². The Morgan fingerprint density at radius 2 is 1.79 bits per heavy atom. The smallest absolute Gasteiger partial charge is 0.239 e. The van der Waals surface area contributed by atoms with E-state index in [4.69, 9.17) is 6.58 Å². The molecule has 0 fully saturated rings. The van der Waals surface area contributed by atoms with Crippen LogP contribution in [0, 0.1) is 12.4 Å². The summed E-state index contributed by atoms with van der Waals surface area (Å²) >= 11 is 0. The van der Waals surface area contributed by atoms with E-state index in [9.17, 15) is 12.8 Å². The summed E-state index contributed by atoms with van der Waals surface area (Å²) in [6.45, 7) is 9.61. The van der Waals surface area contributed by atoms with E-state index >= 15 is 0 Å². The summed E-state index contributed by atoms with van der Waals surface area (Å²) in [6, 6.07) is 5.76. The monoisotopic (exact) mass is 348 g/mol. The first kappa shape index (κ1) is 18.1. The van der Waals surface area contributed by atoms with Crippen LogP contribution in [0.4, 0.5) is 10.3 Å². The number of benzene rings is 1. The van der Waals surface area contributed by atoms with Crippen molar-refractivity contribution in [2.75, 3.05) is 17.6 Å². The first-order valence-corrected chi connectivity index (χ1v) is 9.16. The van der Waals surface area contributed by atoms with Gasteiger partial charge in [0, 0.05) is 18.2 Å². The quantitative estimate of drug-likeness (QED) is 0.832. The summed E-state index contributed by atoms with van der Waals surface area (Å²) in [5.41, 5.74) is 2.31. The summed E-state index contributed by atoms with van der Waals surface area (Å²) < 4.78 is 37.9. The molecule has 0 aliphatic heterocycles. The summed E-state index contributed by atoms with van der Waals surface area (Å²) in [5.74, 6) is -0.330.